The van der Waals surface area contributed by atoms with Crippen LogP contribution in [0.1, 0.15) is 37.9 Å². The Kier molecular flexibility index (Phi) is 5.35. The second-order valence-electron chi connectivity index (χ2n) is 4.24. The summed E-state index contributed by atoms with van der Waals surface area (Å²) in [7, 11) is -3.74. The van der Waals surface area contributed by atoms with Crippen molar-refractivity contribution in [2.24, 2.45) is 0 Å². The van der Waals surface area contributed by atoms with Gasteiger partial charge in [-0.15, -0.1) is 4.73 Å². The molecule has 6 heteroatoms. The zero-order valence-corrected chi connectivity index (χ0v) is 12.2. The predicted octanol–water partition coefficient (Wildman–Crippen LogP) is 1.61. The van der Waals surface area contributed by atoms with Crippen molar-refractivity contribution in [1.29, 1.82) is 0 Å². The molecule has 1 aromatic rings. The summed E-state index contributed by atoms with van der Waals surface area (Å²) >= 11 is 0. The lowest BCUT2D eigenvalue weighted by Gasteiger charge is -2.10. The summed E-state index contributed by atoms with van der Waals surface area (Å²) in [5.74, 6) is 0. The van der Waals surface area contributed by atoms with Gasteiger partial charge in [0.2, 0.25) is 0 Å². The lowest BCUT2D eigenvalue weighted by atomic mass is 10.1. The Bertz CT molecular complexity index is 614. The largest absolute Gasteiger partial charge is 0.324 e. The normalized spacial score (nSPS) is 11.9. The molecular formula is C13H19NO4S. The van der Waals surface area contributed by atoms with Gasteiger partial charge in [-0.2, -0.15) is 8.42 Å². The van der Waals surface area contributed by atoms with E-state index in [0.717, 1.165) is 29.4 Å². The quantitative estimate of drug-likeness (QED) is 0.796. The average Bonchev–Trinajstić information content (AvgIpc) is 2.31. The smallest absolute Gasteiger partial charge is 0.284 e. The topological polar surface area (TPSA) is 65.4 Å². The van der Waals surface area contributed by atoms with E-state index >= 15 is 0 Å². The molecule has 0 aliphatic heterocycles. The van der Waals surface area contributed by atoms with Crippen LogP contribution in [0.15, 0.2) is 23.0 Å². The van der Waals surface area contributed by atoms with Gasteiger partial charge in [0.25, 0.3) is 5.56 Å². The Labute approximate surface area is 113 Å². The molecule has 0 aliphatic rings. The summed E-state index contributed by atoms with van der Waals surface area (Å²) in [6, 6.07) is 3.13. The second kappa shape index (κ2) is 6.56. The molecule has 1 rings (SSSR count). The molecular weight excluding hydrogens is 266 g/mol. The van der Waals surface area contributed by atoms with Crippen molar-refractivity contribution in [3.05, 3.63) is 39.8 Å². The fourth-order valence-electron chi connectivity index (χ4n) is 1.54. The highest BCUT2D eigenvalue weighted by Gasteiger charge is 2.10. The van der Waals surface area contributed by atoms with Crippen LogP contribution in [0.3, 0.4) is 0 Å². The van der Waals surface area contributed by atoms with E-state index in [0.29, 0.717) is 12.1 Å². The summed E-state index contributed by atoms with van der Waals surface area (Å²) in [5, 5.41) is 0. The fraction of sp³-hybridized carbons (Fsp3) is 0.462. The number of rotatable bonds is 6. The third kappa shape index (κ3) is 4.90. The number of pyridine rings is 1. The molecule has 1 heterocycles. The maximum absolute atomic E-state index is 11.9. The molecule has 0 saturated carbocycles. The first-order chi connectivity index (χ1) is 8.87. The van der Waals surface area contributed by atoms with E-state index in [-0.39, 0.29) is 0 Å². The highest BCUT2D eigenvalue weighted by atomic mass is 32.2. The molecule has 0 aromatic carbocycles. The molecule has 1 aromatic heterocycles. The van der Waals surface area contributed by atoms with Gasteiger partial charge in [-0.1, -0.05) is 26.3 Å². The van der Waals surface area contributed by atoms with Gasteiger partial charge in [0, 0.05) is 6.07 Å². The lowest BCUT2D eigenvalue weighted by Crippen LogP contribution is -2.31. The van der Waals surface area contributed by atoms with Crippen molar-refractivity contribution >= 4 is 16.2 Å². The van der Waals surface area contributed by atoms with Crippen LogP contribution in [-0.2, 0) is 16.5 Å². The van der Waals surface area contributed by atoms with Crippen LogP contribution in [0, 0.1) is 0 Å². The molecule has 0 N–H and O–H groups in total. The number of aryl methyl sites for hydroxylation is 1. The predicted molar refractivity (Wildman–Crippen MR) is 75.4 cm³/mol. The van der Waals surface area contributed by atoms with Gasteiger partial charge in [0.1, 0.15) is 0 Å². The van der Waals surface area contributed by atoms with Crippen LogP contribution < -0.4 is 9.84 Å². The Hall–Kier alpha value is -1.56. The number of allylic oxidation sites excluding steroid dienone is 1. The minimum absolute atomic E-state index is 0.434. The molecule has 0 unspecified atom stereocenters. The molecule has 5 nitrogen and oxygen atoms in total. The van der Waals surface area contributed by atoms with Gasteiger partial charge in [0.05, 0.1) is 11.9 Å². The molecule has 0 radical (unpaired) electrons. The maximum atomic E-state index is 11.9. The van der Waals surface area contributed by atoms with E-state index in [2.05, 4.69) is 0 Å². The number of aromatic nitrogens is 1. The van der Waals surface area contributed by atoms with Crippen LogP contribution in [0.4, 0.5) is 0 Å². The van der Waals surface area contributed by atoms with E-state index in [9.17, 15) is 13.2 Å². The van der Waals surface area contributed by atoms with Crippen molar-refractivity contribution in [2.45, 2.75) is 33.1 Å². The average molecular weight is 285 g/mol. The van der Waals surface area contributed by atoms with Crippen LogP contribution in [0.5, 0.6) is 0 Å². The molecule has 0 aliphatic carbocycles. The summed E-state index contributed by atoms with van der Waals surface area (Å²) in [4.78, 5) is 11.9. The monoisotopic (exact) mass is 285 g/mol. The molecule has 0 amide bonds. The summed E-state index contributed by atoms with van der Waals surface area (Å²) < 4.78 is 27.9. The summed E-state index contributed by atoms with van der Waals surface area (Å²) in [6.45, 7) is 3.96. The van der Waals surface area contributed by atoms with Crippen LogP contribution in [0.25, 0.3) is 6.08 Å². The van der Waals surface area contributed by atoms with Crippen LogP contribution >= 0.6 is 0 Å². The van der Waals surface area contributed by atoms with Crippen molar-refractivity contribution in [3.8, 4) is 0 Å². The molecule has 106 valence electrons. The van der Waals surface area contributed by atoms with Crippen LogP contribution in [-0.4, -0.2) is 19.4 Å². The third-order valence-electron chi connectivity index (χ3n) is 2.44. The number of hydrogen-bond acceptors (Lipinski definition) is 4. The first kappa shape index (κ1) is 15.5. The maximum Gasteiger partial charge on any atom is 0.324 e. The van der Waals surface area contributed by atoms with Gasteiger partial charge in [-0.25, -0.2) is 0 Å². The molecule has 0 fully saturated rings. The first-order valence-electron chi connectivity index (χ1n) is 6.19. The van der Waals surface area contributed by atoms with Crippen molar-refractivity contribution < 1.29 is 12.7 Å². The molecule has 0 spiro atoms. The summed E-state index contributed by atoms with van der Waals surface area (Å²) in [5.41, 5.74) is 0.790. The number of unbranched alkanes of at least 4 members (excludes halogenated alkanes) is 1. The van der Waals surface area contributed by atoms with E-state index in [1.54, 1.807) is 12.1 Å². The van der Waals surface area contributed by atoms with Gasteiger partial charge < -0.3 is 0 Å². The first-order valence-corrected chi connectivity index (χ1v) is 8.01. The van der Waals surface area contributed by atoms with Crippen molar-refractivity contribution in [1.82, 2.24) is 4.73 Å². The highest BCUT2D eigenvalue weighted by Crippen LogP contribution is 2.06. The van der Waals surface area contributed by atoms with Crippen molar-refractivity contribution in [2.75, 3.05) is 6.26 Å². The Morgan fingerprint density at radius 1 is 1.32 bits per heavy atom. The molecule has 19 heavy (non-hydrogen) atoms. The van der Waals surface area contributed by atoms with Gasteiger partial charge in [-0.3, -0.25) is 9.08 Å². The molecule has 0 bridgehead atoms. The van der Waals surface area contributed by atoms with Gasteiger partial charge in [-0.05, 0) is 30.5 Å². The zero-order valence-electron chi connectivity index (χ0n) is 11.4. The SMILES string of the molecule is CCC/C=C/c1cc(CC)cc(=O)n1OS(C)(=O)=O. The van der Waals surface area contributed by atoms with E-state index < -0.39 is 15.7 Å². The fourth-order valence-corrected chi connectivity index (χ4v) is 1.97. The second-order valence-corrected chi connectivity index (χ2v) is 5.80. The Morgan fingerprint density at radius 3 is 2.53 bits per heavy atom. The third-order valence-corrected chi connectivity index (χ3v) is 2.86. The van der Waals surface area contributed by atoms with Crippen molar-refractivity contribution in [3.63, 3.8) is 0 Å². The van der Waals surface area contributed by atoms with Gasteiger partial charge >= 0.3 is 10.1 Å². The minimum atomic E-state index is -3.74. The van der Waals surface area contributed by atoms with Gasteiger partial charge in [0.15, 0.2) is 0 Å². The minimum Gasteiger partial charge on any atom is -0.284 e. The number of nitrogens with zero attached hydrogens (tertiary/aromatic N) is 1. The van der Waals surface area contributed by atoms with E-state index in [1.807, 2.05) is 19.9 Å². The molecule has 0 saturated heterocycles. The Balaban J connectivity index is 3.29. The van der Waals surface area contributed by atoms with E-state index in [1.165, 1.54) is 6.07 Å². The molecule has 0 atom stereocenters. The van der Waals surface area contributed by atoms with Crippen LogP contribution in [0.2, 0.25) is 0 Å². The number of hydrogen-bond donors (Lipinski definition) is 0. The zero-order chi connectivity index (χ0) is 14.5. The lowest BCUT2D eigenvalue weighted by molar-refractivity contribution is 0.267. The van der Waals surface area contributed by atoms with E-state index in [4.69, 9.17) is 4.28 Å². The Morgan fingerprint density at radius 2 is 2.00 bits per heavy atom. The summed E-state index contributed by atoms with van der Waals surface area (Å²) in [6.07, 6.45) is 7.02. The highest BCUT2D eigenvalue weighted by molar-refractivity contribution is 7.86. The standard InChI is InChI=1S/C13H19NO4S/c1-4-6-7-8-12-9-11(5-2)10-13(15)14(12)18-19(3,16)17/h7-10H,4-6H2,1-3H3/b8-7+.